The van der Waals surface area contributed by atoms with Crippen LogP contribution < -0.4 is 9.47 Å². The first-order valence-electron chi connectivity index (χ1n) is 13.2. The number of ether oxygens (including phenoxy) is 2. The fourth-order valence-electron chi connectivity index (χ4n) is 5.52. The van der Waals surface area contributed by atoms with Crippen molar-refractivity contribution in [1.29, 1.82) is 0 Å². The Morgan fingerprint density at radius 1 is 0.784 bits per heavy atom. The first-order chi connectivity index (χ1) is 18.2. The van der Waals surface area contributed by atoms with Crippen LogP contribution >= 0.6 is 0 Å². The average Bonchev–Trinajstić information content (AvgIpc) is 3.12. The average molecular weight is 494 g/mol. The molecule has 1 fully saturated rings. The Kier molecular flexibility index (Phi) is 7.86. The van der Waals surface area contributed by atoms with Gasteiger partial charge in [0, 0.05) is 25.1 Å². The maximum atomic E-state index is 12.7. The lowest BCUT2D eigenvalue weighted by atomic mass is 9.86. The number of methoxy groups -OCH3 is 2. The fourth-order valence-corrected chi connectivity index (χ4v) is 5.52. The number of piperidine rings is 1. The van der Waals surface area contributed by atoms with Gasteiger partial charge in [-0.2, -0.15) is 0 Å². The highest BCUT2D eigenvalue weighted by Crippen LogP contribution is 2.38. The zero-order valence-electron chi connectivity index (χ0n) is 21.8. The van der Waals surface area contributed by atoms with Gasteiger partial charge in [0.2, 0.25) is 0 Å². The molecule has 0 radical (unpaired) electrons. The molecule has 0 atom stereocenters. The molecular formula is C33H35NO3. The molecule has 1 saturated heterocycles. The number of benzene rings is 3. The minimum atomic E-state index is 0.158. The van der Waals surface area contributed by atoms with E-state index in [1.807, 2.05) is 6.07 Å². The second kappa shape index (κ2) is 11.6. The first-order valence-corrected chi connectivity index (χ1v) is 13.2. The van der Waals surface area contributed by atoms with Gasteiger partial charge in [-0.1, -0.05) is 66.3 Å². The molecule has 1 heterocycles. The van der Waals surface area contributed by atoms with Crippen molar-refractivity contribution in [2.75, 3.05) is 33.9 Å². The van der Waals surface area contributed by atoms with Crippen molar-refractivity contribution in [1.82, 2.24) is 4.90 Å². The van der Waals surface area contributed by atoms with Crippen molar-refractivity contribution in [3.63, 3.8) is 0 Å². The van der Waals surface area contributed by atoms with E-state index in [2.05, 4.69) is 65.6 Å². The second-order valence-corrected chi connectivity index (χ2v) is 9.78. The van der Waals surface area contributed by atoms with Gasteiger partial charge >= 0.3 is 0 Å². The predicted octanol–water partition coefficient (Wildman–Crippen LogP) is 7.14. The molecule has 4 heteroatoms. The van der Waals surface area contributed by atoms with E-state index in [4.69, 9.17) is 9.47 Å². The number of likely N-dealkylation sites (tertiary alicyclic amines) is 1. The number of Topliss-reactive ketones (excluding diaryl/α,β-unsaturated/α-hetero) is 1. The molecule has 4 nitrogen and oxygen atoms in total. The van der Waals surface area contributed by atoms with Crippen LogP contribution in [0.2, 0.25) is 0 Å². The minimum Gasteiger partial charge on any atom is -0.493 e. The third-order valence-electron chi connectivity index (χ3n) is 7.55. The molecular weight excluding hydrogens is 458 g/mol. The van der Waals surface area contributed by atoms with E-state index >= 15 is 0 Å². The summed E-state index contributed by atoms with van der Waals surface area (Å²) in [5.74, 6) is 1.40. The van der Waals surface area contributed by atoms with Crippen LogP contribution in [0, 0.1) is 0 Å². The van der Waals surface area contributed by atoms with Gasteiger partial charge in [0.15, 0.2) is 17.3 Å². The summed E-state index contributed by atoms with van der Waals surface area (Å²) in [5, 5.41) is 0. The minimum absolute atomic E-state index is 0.158. The molecule has 0 aromatic heterocycles. The van der Waals surface area contributed by atoms with E-state index in [1.54, 1.807) is 31.9 Å². The Bertz CT molecular complexity index is 1280. The molecule has 2 aliphatic rings. The van der Waals surface area contributed by atoms with Crippen molar-refractivity contribution in [3.8, 4) is 11.5 Å². The lowest BCUT2D eigenvalue weighted by Crippen LogP contribution is -2.32. The fraction of sp³-hybridized carbons (Fsp3) is 0.303. The van der Waals surface area contributed by atoms with Crippen molar-refractivity contribution in [2.45, 2.75) is 32.1 Å². The predicted molar refractivity (Wildman–Crippen MR) is 151 cm³/mol. The van der Waals surface area contributed by atoms with Crippen molar-refractivity contribution < 1.29 is 14.3 Å². The zero-order chi connectivity index (χ0) is 25.6. The summed E-state index contributed by atoms with van der Waals surface area (Å²) in [4.78, 5) is 15.2. The Labute approximate surface area is 220 Å². The molecule has 0 spiro atoms. The number of unbranched alkanes of at least 4 members (excludes halogenated alkanes) is 1. The van der Waals surface area contributed by atoms with Crippen LogP contribution in [0.15, 0.2) is 72.3 Å². The van der Waals surface area contributed by atoms with E-state index in [0.717, 1.165) is 45.3 Å². The molecule has 0 saturated carbocycles. The number of hydrogen-bond acceptors (Lipinski definition) is 4. The van der Waals surface area contributed by atoms with Crippen LogP contribution in [0.3, 0.4) is 0 Å². The van der Waals surface area contributed by atoms with Gasteiger partial charge in [0.25, 0.3) is 0 Å². The summed E-state index contributed by atoms with van der Waals surface area (Å²) in [6, 6.07) is 22.9. The molecule has 190 valence electrons. The number of fused-ring (bicyclic) bond motifs is 2. The van der Waals surface area contributed by atoms with E-state index < -0.39 is 0 Å². The van der Waals surface area contributed by atoms with Gasteiger partial charge in [-0.3, -0.25) is 4.79 Å². The molecule has 0 bridgehead atoms. The van der Waals surface area contributed by atoms with Gasteiger partial charge in [-0.15, -0.1) is 0 Å². The highest BCUT2D eigenvalue weighted by Gasteiger charge is 2.22. The van der Waals surface area contributed by atoms with Gasteiger partial charge in [-0.05, 0) is 78.3 Å². The summed E-state index contributed by atoms with van der Waals surface area (Å²) in [7, 11) is 3.20. The van der Waals surface area contributed by atoms with Crippen LogP contribution in [0.1, 0.15) is 64.7 Å². The van der Waals surface area contributed by atoms with E-state index in [0.29, 0.717) is 23.5 Å². The number of rotatable bonds is 8. The molecule has 1 aliphatic heterocycles. The van der Waals surface area contributed by atoms with E-state index in [1.165, 1.54) is 27.8 Å². The van der Waals surface area contributed by atoms with Gasteiger partial charge in [-0.25, -0.2) is 0 Å². The van der Waals surface area contributed by atoms with Crippen LogP contribution in [0.4, 0.5) is 0 Å². The number of nitrogens with zero attached hydrogens (tertiary/aromatic N) is 1. The highest BCUT2D eigenvalue weighted by molar-refractivity contribution is 5.97. The molecule has 1 aliphatic carbocycles. The van der Waals surface area contributed by atoms with E-state index in [-0.39, 0.29) is 5.78 Å². The quantitative estimate of drug-likeness (QED) is 0.193. The van der Waals surface area contributed by atoms with Crippen LogP contribution in [0.5, 0.6) is 11.5 Å². The topological polar surface area (TPSA) is 38.8 Å². The normalized spacial score (nSPS) is 15.1. The van der Waals surface area contributed by atoms with Crippen LogP contribution in [0.25, 0.3) is 17.7 Å². The van der Waals surface area contributed by atoms with Crippen molar-refractivity contribution in [2.24, 2.45) is 0 Å². The van der Waals surface area contributed by atoms with Gasteiger partial charge in [0.1, 0.15) is 0 Å². The lowest BCUT2D eigenvalue weighted by Gasteiger charge is -2.30. The SMILES string of the molecule is COc1ccc(C(=O)CCCCN2CCC(=C3c4ccccc4C=Cc4ccccc43)CC2)cc1OC. The first kappa shape index (κ1) is 25.0. The Hall–Kier alpha value is -3.63. The molecule has 0 amide bonds. The van der Waals surface area contributed by atoms with E-state index in [9.17, 15) is 4.79 Å². The summed E-state index contributed by atoms with van der Waals surface area (Å²) in [5.41, 5.74) is 8.96. The summed E-state index contributed by atoms with van der Waals surface area (Å²) in [6.07, 6.45) is 9.15. The Morgan fingerprint density at radius 2 is 1.41 bits per heavy atom. The van der Waals surface area contributed by atoms with Crippen molar-refractivity contribution >= 4 is 23.5 Å². The third kappa shape index (κ3) is 5.55. The second-order valence-electron chi connectivity index (χ2n) is 9.78. The number of carbonyl (C=O) groups is 1. The largest absolute Gasteiger partial charge is 0.493 e. The smallest absolute Gasteiger partial charge is 0.163 e. The number of hydrogen-bond donors (Lipinski definition) is 0. The van der Waals surface area contributed by atoms with Crippen LogP contribution in [-0.4, -0.2) is 44.5 Å². The third-order valence-corrected chi connectivity index (χ3v) is 7.55. The Balaban J connectivity index is 1.19. The summed E-state index contributed by atoms with van der Waals surface area (Å²) >= 11 is 0. The standard InChI is InChI=1S/C33H35NO3/c1-36-31-17-16-27(23-32(31)37-2)30(35)13-7-8-20-34-21-18-26(19-22-34)33-28-11-5-3-9-24(28)14-15-25-10-4-6-12-29(25)33/h3-6,9-12,14-17,23H,7-8,13,18-22H2,1-2H3. The molecule has 37 heavy (non-hydrogen) atoms. The molecule has 3 aromatic rings. The highest BCUT2D eigenvalue weighted by atomic mass is 16.5. The van der Waals surface area contributed by atoms with Crippen LogP contribution in [-0.2, 0) is 0 Å². The molecule has 5 rings (SSSR count). The monoisotopic (exact) mass is 493 g/mol. The summed E-state index contributed by atoms with van der Waals surface area (Å²) in [6.45, 7) is 3.18. The zero-order valence-corrected chi connectivity index (χ0v) is 21.8. The number of ketones is 1. The molecule has 3 aromatic carbocycles. The molecule has 0 N–H and O–H groups in total. The van der Waals surface area contributed by atoms with Gasteiger partial charge < -0.3 is 14.4 Å². The Morgan fingerprint density at radius 3 is 2.03 bits per heavy atom. The molecule has 0 unspecified atom stereocenters. The van der Waals surface area contributed by atoms with Crippen molar-refractivity contribution in [3.05, 3.63) is 100 Å². The lowest BCUT2D eigenvalue weighted by molar-refractivity contribution is 0.0977. The maximum absolute atomic E-state index is 12.7. The maximum Gasteiger partial charge on any atom is 0.163 e. The summed E-state index contributed by atoms with van der Waals surface area (Å²) < 4.78 is 10.6. The number of carbonyl (C=O) groups excluding carboxylic acids is 1. The van der Waals surface area contributed by atoms with Gasteiger partial charge in [0.05, 0.1) is 14.2 Å².